The van der Waals surface area contributed by atoms with Gasteiger partial charge in [-0.25, -0.2) is 9.36 Å². The van der Waals surface area contributed by atoms with Gasteiger partial charge in [0.1, 0.15) is 0 Å². The van der Waals surface area contributed by atoms with Gasteiger partial charge in [-0.1, -0.05) is 35.5 Å². The van der Waals surface area contributed by atoms with Crippen molar-refractivity contribution >= 4 is 19.5 Å². The van der Waals surface area contributed by atoms with E-state index in [2.05, 4.69) is 5.16 Å². The second kappa shape index (κ2) is 7.79. The topological polar surface area (TPSA) is 94.4 Å². The summed E-state index contributed by atoms with van der Waals surface area (Å²) in [6.45, 7) is 3.38. The number of carbonyl (C=O) groups is 1. The molecule has 7 nitrogen and oxygen atoms in total. The van der Waals surface area contributed by atoms with Gasteiger partial charge in [-0.2, -0.15) is 0 Å². The third-order valence-electron chi connectivity index (χ3n) is 2.06. The van der Waals surface area contributed by atoms with Gasteiger partial charge in [-0.05, 0) is 13.8 Å². The van der Waals surface area contributed by atoms with Crippen molar-refractivity contribution in [3.05, 3.63) is 35.9 Å². The summed E-state index contributed by atoms with van der Waals surface area (Å²) < 4.78 is 26.4. The number of phosphoric ester groups is 1. The highest BCUT2D eigenvalue weighted by molar-refractivity contribution is 7.48. The monoisotopic (exact) mass is 301 g/mol. The molecule has 20 heavy (non-hydrogen) atoms. The summed E-state index contributed by atoms with van der Waals surface area (Å²) >= 11 is 0. The first-order valence-electron chi connectivity index (χ1n) is 5.97. The molecular formula is C12H16NO6P. The molecule has 0 aliphatic rings. The Morgan fingerprint density at radius 1 is 1.20 bits per heavy atom. The molecule has 0 bridgehead atoms. The van der Waals surface area contributed by atoms with Crippen LogP contribution in [0.15, 0.2) is 35.5 Å². The van der Waals surface area contributed by atoms with Crippen LogP contribution in [0.3, 0.4) is 0 Å². The number of phosphoric acid groups is 1. The molecule has 0 aliphatic heterocycles. The molecule has 1 N–H and O–H groups in total. The minimum atomic E-state index is -3.88. The predicted molar refractivity (Wildman–Crippen MR) is 72.6 cm³/mol. The van der Waals surface area contributed by atoms with Gasteiger partial charge in [0, 0.05) is 5.56 Å². The van der Waals surface area contributed by atoms with Gasteiger partial charge in [-0.3, -0.25) is 13.7 Å². The van der Waals surface area contributed by atoms with Gasteiger partial charge >= 0.3 is 13.8 Å². The number of hydrogen-bond donors (Lipinski definition) is 1. The maximum Gasteiger partial charge on any atom is 0.550 e. The predicted octanol–water partition coefficient (Wildman–Crippen LogP) is 2.67. The zero-order valence-corrected chi connectivity index (χ0v) is 12.1. The molecule has 1 rings (SSSR count). The Hall–Kier alpha value is -1.69. The molecular weight excluding hydrogens is 285 g/mol. The van der Waals surface area contributed by atoms with Crippen LogP contribution in [0.25, 0.3) is 0 Å². The number of nitrogens with zero attached hydrogens (tertiary/aromatic N) is 1. The summed E-state index contributed by atoms with van der Waals surface area (Å²) in [5.74, 6) is -1.31. The Balaban J connectivity index is 2.98. The van der Waals surface area contributed by atoms with E-state index in [9.17, 15) is 9.36 Å². The highest BCUT2D eigenvalue weighted by Gasteiger charge is 2.28. The van der Waals surface area contributed by atoms with Crippen LogP contribution < -0.4 is 0 Å². The van der Waals surface area contributed by atoms with Gasteiger partial charge in [-0.15, -0.1) is 0 Å². The molecule has 0 saturated heterocycles. The van der Waals surface area contributed by atoms with E-state index in [4.69, 9.17) is 18.8 Å². The lowest BCUT2D eigenvalue weighted by Crippen LogP contribution is -2.15. The van der Waals surface area contributed by atoms with E-state index in [1.807, 2.05) is 0 Å². The third-order valence-corrected chi connectivity index (χ3v) is 3.49. The first-order valence-corrected chi connectivity index (χ1v) is 7.43. The molecule has 0 heterocycles. The Morgan fingerprint density at radius 3 is 2.20 bits per heavy atom. The van der Waals surface area contributed by atoms with E-state index >= 15 is 0 Å². The highest BCUT2D eigenvalue weighted by Crippen LogP contribution is 2.49. The minimum Gasteiger partial charge on any atom is -0.476 e. The largest absolute Gasteiger partial charge is 0.550 e. The molecule has 0 amide bonds. The lowest BCUT2D eigenvalue weighted by molar-refractivity contribution is -0.129. The van der Waals surface area contributed by atoms with E-state index in [-0.39, 0.29) is 18.9 Å². The molecule has 0 aliphatic carbocycles. The zero-order chi connectivity index (χ0) is 15.0. The van der Waals surface area contributed by atoms with Crippen LogP contribution in [0.4, 0.5) is 0 Å². The van der Waals surface area contributed by atoms with Crippen molar-refractivity contribution in [2.45, 2.75) is 13.8 Å². The Morgan fingerprint density at radius 2 is 1.75 bits per heavy atom. The summed E-state index contributed by atoms with van der Waals surface area (Å²) in [5.41, 5.74) is -0.0650. The summed E-state index contributed by atoms with van der Waals surface area (Å²) in [6.07, 6.45) is 0. The summed E-state index contributed by atoms with van der Waals surface area (Å²) in [4.78, 5) is 11.2. The van der Waals surface area contributed by atoms with Crippen LogP contribution in [0, 0.1) is 0 Å². The zero-order valence-electron chi connectivity index (χ0n) is 11.2. The average Bonchev–Trinajstić information content (AvgIpc) is 2.40. The first-order chi connectivity index (χ1) is 9.52. The van der Waals surface area contributed by atoms with Crippen LogP contribution >= 0.6 is 7.82 Å². The number of benzene rings is 1. The molecule has 110 valence electrons. The summed E-state index contributed by atoms with van der Waals surface area (Å²) in [7, 11) is -3.88. The number of hydrogen-bond acceptors (Lipinski definition) is 6. The number of carboxylic acid groups (broad SMARTS) is 1. The van der Waals surface area contributed by atoms with Gasteiger partial charge in [0.25, 0.3) is 0 Å². The van der Waals surface area contributed by atoms with Crippen LogP contribution in [-0.2, 0) is 23.0 Å². The van der Waals surface area contributed by atoms with E-state index < -0.39 is 13.8 Å². The van der Waals surface area contributed by atoms with Crippen LogP contribution in [-0.4, -0.2) is 30.0 Å². The number of carboxylic acids is 1. The smallest absolute Gasteiger partial charge is 0.476 e. The molecule has 0 saturated carbocycles. The van der Waals surface area contributed by atoms with Crippen molar-refractivity contribution in [3.8, 4) is 0 Å². The molecule has 1 aromatic rings. The lowest BCUT2D eigenvalue weighted by Gasteiger charge is -2.13. The lowest BCUT2D eigenvalue weighted by atomic mass is 10.1. The molecule has 0 fully saturated rings. The Bertz CT molecular complexity index is 506. The normalized spacial score (nSPS) is 12.2. The van der Waals surface area contributed by atoms with Crippen LogP contribution in [0.1, 0.15) is 19.4 Å². The quantitative estimate of drug-likeness (QED) is 0.450. The van der Waals surface area contributed by atoms with Gasteiger partial charge < -0.3 is 5.11 Å². The second-order valence-corrected chi connectivity index (χ2v) is 5.05. The minimum absolute atomic E-state index is 0.0839. The number of rotatable bonds is 8. The van der Waals surface area contributed by atoms with Gasteiger partial charge in [0.15, 0.2) is 5.71 Å². The average molecular weight is 301 g/mol. The van der Waals surface area contributed by atoms with E-state index in [1.165, 1.54) is 0 Å². The number of aliphatic carboxylic acids is 1. The van der Waals surface area contributed by atoms with Crippen LogP contribution in [0.2, 0.25) is 0 Å². The van der Waals surface area contributed by atoms with E-state index in [0.717, 1.165) is 0 Å². The third kappa shape index (κ3) is 4.77. The molecule has 0 aromatic heterocycles. The molecule has 8 heteroatoms. The van der Waals surface area contributed by atoms with Gasteiger partial charge in [0.05, 0.1) is 13.2 Å². The summed E-state index contributed by atoms with van der Waals surface area (Å²) in [5, 5.41) is 12.5. The van der Waals surface area contributed by atoms with Gasteiger partial charge in [0.2, 0.25) is 0 Å². The number of oxime groups is 1. The molecule has 0 atom stereocenters. The highest BCUT2D eigenvalue weighted by atomic mass is 31.2. The fraction of sp³-hybridized carbons (Fsp3) is 0.333. The SMILES string of the molecule is CCOP(=O)(OCC)O/N=C(\C(=O)O)c1ccccc1. The molecule has 1 aromatic carbocycles. The van der Waals surface area contributed by atoms with Crippen molar-refractivity contribution in [1.82, 2.24) is 0 Å². The van der Waals surface area contributed by atoms with Crippen molar-refractivity contribution in [2.75, 3.05) is 13.2 Å². The second-order valence-electron chi connectivity index (χ2n) is 3.48. The van der Waals surface area contributed by atoms with Crippen molar-refractivity contribution in [1.29, 1.82) is 0 Å². The first kappa shape index (κ1) is 16.4. The van der Waals surface area contributed by atoms with E-state index in [0.29, 0.717) is 5.56 Å². The maximum absolute atomic E-state index is 12.0. The molecule has 0 unspecified atom stereocenters. The van der Waals surface area contributed by atoms with E-state index in [1.54, 1.807) is 44.2 Å². The standard InChI is InChI=1S/C12H16NO6P/c1-3-17-20(16,18-4-2)19-13-11(12(14)15)10-8-6-5-7-9-10/h5-9H,3-4H2,1-2H3,(H,14,15)/b13-11-. The summed E-state index contributed by atoms with van der Waals surface area (Å²) in [6, 6.07) is 8.12. The molecule has 0 spiro atoms. The Kier molecular flexibility index (Phi) is 6.38. The fourth-order valence-electron chi connectivity index (χ4n) is 1.30. The maximum atomic E-state index is 12.0. The Labute approximate surface area is 116 Å². The fourth-order valence-corrected chi connectivity index (χ4v) is 2.29. The van der Waals surface area contributed by atoms with Crippen molar-refractivity contribution < 1.29 is 28.1 Å². The molecule has 0 radical (unpaired) electrons. The van der Waals surface area contributed by atoms with Crippen LogP contribution in [0.5, 0.6) is 0 Å². The van der Waals surface area contributed by atoms with Crippen molar-refractivity contribution in [2.24, 2.45) is 5.16 Å². The van der Waals surface area contributed by atoms with Crippen molar-refractivity contribution in [3.63, 3.8) is 0 Å².